The molecule has 0 aliphatic carbocycles. The average Bonchev–Trinajstić information content (AvgIpc) is 3.24. The second-order valence-electron chi connectivity index (χ2n) is 6.96. The Morgan fingerprint density at radius 1 is 0.833 bits per heavy atom. The first kappa shape index (κ1) is 20.9. The summed E-state index contributed by atoms with van der Waals surface area (Å²) in [6.07, 6.45) is 0.632. The SMILES string of the molecule is O=C(O)CC[C@@H](Cc1ccc(-c2ccccc2)cc1)NC(=O)c1ccc(C(=O)O)[nH]1. The number of aromatic carboxylic acids is 1. The number of amides is 1. The fourth-order valence-corrected chi connectivity index (χ4v) is 3.19. The topological polar surface area (TPSA) is 119 Å². The van der Waals surface area contributed by atoms with Crippen molar-refractivity contribution in [2.45, 2.75) is 25.3 Å². The zero-order valence-electron chi connectivity index (χ0n) is 16.2. The number of hydrogen-bond acceptors (Lipinski definition) is 3. The zero-order valence-corrected chi connectivity index (χ0v) is 16.2. The molecule has 0 aliphatic rings. The third kappa shape index (κ3) is 5.57. The molecule has 3 aromatic rings. The van der Waals surface area contributed by atoms with E-state index in [0.717, 1.165) is 16.7 Å². The Labute approximate surface area is 173 Å². The first-order valence-corrected chi connectivity index (χ1v) is 9.51. The third-order valence-corrected chi connectivity index (χ3v) is 4.75. The minimum Gasteiger partial charge on any atom is -0.481 e. The number of carboxylic acid groups (broad SMARTS) is 2. The Kier molecular flexibility index (Phi) is 6.64. The highest BCUT2D eigenvalue weighted by Gasteiger charge is 2.18. The second-order valence-corrected chi connectivity index (χ2v) is 6.96. The molecular formula is C23H22N2O5. The number of H-pyrrole nitrogens is 1. The first-order valence-electron chi connectivity index (χ1n) is 9.51. The van der Waals surface area contributed by atoms with E-state index < -0.39 is 23.9 Å². The number of aliphatic carboxylic acids is 1. The minimum absolute atomic E-state index is 0.0845. The van der Waals surface area contributed by atoms with Gasteiger partial charge in [-0.25, -0.2) is 4.79 Å². The van der Waals surface area contributed by atoms with Crippen molar-refractivity contribution in [2.24, 2.45) is 0 Å². The van der Waals surface area contributed by atoms with Crippen LogP contribution in [0.4, 0.5) is 0 Å². The van der Waals surface area contributed by atoms with E-state index in [-0.39, 0.29) is 24.2 Å². The lowest BCUT2D eigenvalue weighted by Crippen LogP contribution is -2.37. The van der Waals surface area contributed by atoms with E-state index in [2.05, 4.69) is 10.3 Å². The van der Waals surface area contributed by atoms with Gasteiger partial charge >= 0.3 is 11.9 Å². The lowest BCUT2D eigenvalue weighted by atomic mass is 9.98. The molecule has 0 radical (unpaired) electrons. The zero-order chi connectivity index (χ0) is 21.5. The van der Waals surface area contributed by atoms with Crippen molar-refractivity contribution < 1.29 is 24.6 Å². The highest BCUT2D eigenvalue weighted by molar-refractivity contribution is 5.95. The van der Waals surface area contributed by atoms with Crippen LogP contribution in [0.1, 0.15) is 39.4 Å². The van der Waals surface area contributed by atoms with Crippen molar-refractivity contribution in [1.82, 2.24) is 10.3 Å². The number of carbonyl (C=O) groups is 3. The van der Waals surface area contributed by atoms with Gasteiger partial charge in [-0.1, -0.05) is 54.6 Å². The lowest BCUT2D eigenvalue weighted by Gasteiger charge is -2.18. The molecule has 0 bridgehead atoms. The number of nitrogens with one attached hydrogen (secondary N) is 2. The molecule has 4 N–H and O–H groups in total. The molecule has 0 saturated carbocycles. The maximum absolute atomic E-state index is 12.5. The van der Waals surface area contributed by atoms with Crippen LogP contribution in [0.2, 0.25) is 0 Å². The van der Waals surface area contributed by atoms with Gasteiger partial charge < -0.3 is 20.5 Å². The van der Waals surface area contributed by atoms with E-state index in [1.807, 2.05) is 54.6 Å². The summed E-state index contributed by atoms with van der Waals surface area (Å²) in [6.45, 7) is 0. The predicted octanol–water partition coefficient (Wildman–Crippen LogP) is 3.59. The third-order valence-electron chi connectivity index (χ3n) is 4.75. The highest BCUT2D eigenvalue weighted by Crippen LogP contribution is 2.20. The molecule has 0 spiro atoms. The number of rotatable bonds is 9. The lowest BCUT2D eigenvalue weighted by molar-refractivity contribution is -0.137. The van der Waals surface area contributed by atoms with Gasteiger partial charge in [0.2, 0.25) is 0 Å². The van der Waals surface area contributed by atoms with Crippen LogP contribution in [0.3, 0.4) is 0 Å². The smallest absolute Gasteiger partial charge is 0.352 e. The van der Waals surface area contributed by atoms with E-state index in [1.165, 1.54) is 12.1 Å². The number of aromatic nitrogens is 1. The van der Waals surface area contributed by atoms with Gasteiger partial charge in [0.25, 0.3) is 5.91 Å². The van der Waals surface area contributed by atoms with Crippen LogP contribution in [0.5, 0.6) is 0 Å². The van der Waals surface area contributed by atoms with E-state index in [1.54, 1.807) is 0 Å². The van der Waals surface area contributed by atoms with Gasteiger partial charge in [-0.05, 0) is 41.7 Å². The van der Waals surface area contributed by atoms with Gasteiger partial charge in [0.15, 0.2) is 0 Å². The summed E-state index contributed by atoms with van der Waals surface area (Å²) in [5.74, 6) is -2.57. The Hall–Kier alpha value is -3.87. The summed E-state index contributed by atoms with van der Waals surface area (Å²) in [5.41, 5.74) is 3.16. The summed E-state index contributed by atoms with van der Waals surface area (Å²) in [7, 11) is 0. The van der Waals surface area contributed by atoms with Crippen molar-refractivity contribution >= 4 is 17.8 Å². The molecule has 0 saturated heterocycles. The van der Waals surface area contributed by atoms with Crippen LogP contribution in [-0.2, 0) is 11.2 Å². The fraction of sp³-hybridized carbons (Fsp3) is 0.174. The molecule has 3 rings (SSSR count). The summed E-state index contributed by atoms with van der Waals surface area (Å²) < 4.78 is 0. The fourth-order valence-electron chi connectivity index (χ4n) is 3.19. The molecule has 1 heterocycles. The second kappa shape index (κ2) is 9.56. The van der Waals surface area contributed by atoms with Crippen LogP contribution in [0, 0.1) is 0 Å². The number of carbonyl (C=O) groups excluding carboxylic acids is 1. The maximum atomic E-state index is 12.5. The van der Waals surface area contributed by atoms with E-state index >= 15 is 0 Å². The van der Waals surface area contributed by atoms with E-state index in [0.29, 0.717) is 6.42 Å². The van der Waals surface area contributed by atoms with Gasteiger partial charge in [-0.3, -0.25) is 9.59 Å². The normalized spacial score (nSPS) is 11.6. The standard InChI is InChI=1S/C23H22N2O5/c26-21(27)13-10-18(24-22(28)19-11-12-20(25-19)23(29)30)14-15-6-8-17(9-7-15)16-4-2-1-3-5-16/h1-9,11-12,18,25H,10,13-14H2,(H,24,28)(H,26,27)(H,29,30)/t18-/m0/s1. The first-order chi connectivity index (χ1) is 14.4. The summed E-state index contributed by atoms with van der Waals surface area (Å²) in [5, 5.41) is 20.8. The summed E-state index contributed by atoms with van der Waals surface area (Å²) in [4.78, 5) is 37.0. The van der Waals surface area contributed by atoms with Gasteiger partial charge in [0, 0.05) is 12.5 Å². The van der Waals surface area contributed by atoms with Crippen LogP contribution in [0.15, 0.2) is 66.7 Å². The maximum Gasteiger partial charge on any atom is 0.352 e. The molecule has 1 aromatic heterocycles. The minimum atomic E-state index is -1.16. The van der Waals surface area contributed by atoms with Crippen LogP contribution < -0.4 is 5.32 Å². The van der Waals surface area contributed by atoms with Crippen LogP contribution in [-0.4, -0.2) is 39.1 Å². The monoisotopic (exact) mass is 406 g/mol. The number of benzene rings is 2. The molecule has 1 amide bonds. The average molecular weight is 406 g/mol. The largest absolute Gasteiger partial charge is 0.481 e. The molecule has 2 aromatic carbocycles. The Morgan fingerprint density at radius 2 is 1.47 bits per heavy atom. The van der Waals surface area contributed by atoms with E-state index in [4.69, 9.17) is 10.2 Å². The highest BCUT2D eigenvalue weighted by atomic mass is 16.4. The Bertz CT molecular complexity index is 1030. The predicted molar refractivity (Wildman–Crippen MR) is 111 cm³/mol. The molecular weight excluding hydrogens is 384 g/mol. The van der Waals surface area contributed by atoms with Crippen molar-refractivity contribution in [3.05, 3.63) is 83.7 Å². The van der Waals surface area contributed by atoms with Gasteiger partial charge in [-0.2, -0.15) is 0 Å². The molecule has 30 heavy (non-hydrogen) atoms. The number of aromatic amines is 1. The summed E-state index contributed by atoms with van der Waals surface area (Å²) in [6, 6.07) is 20.1. The van der Waals surface area contributed by atoms with Crippen molar-refractivity contribution in [1.29, 1.82) is 0 Å². The van der Waals surface area contributed by atoms with Crippen LogP contribution >= 0.6 is 0 Å². The molecule has 0 aliphatic heterocycles. The molecule has 7 heteroatoms. The van der Waals surface area contributed by atoms with Crippen LogP contribution in [0.25, 0.3) is 11.1 Å². The van der Waals surface area contributed by atoms with E-state index in [9.17, 15) is 14.4 Å². The summed E-state index contributed by atoms with van der Waals surface area (Å²) >= 11 is 0. The number of carboxylic acids is 2. The molecule has 7 nitrogen and oxygen atoms in total. The molecule has 0 fully saturated rings. The van der Waals surface area contributed by atoms with Gasteiger partial charge in [-0.15, -0.1) is 0 Å². The van der Waals surface area contributed by atoms with Crippen molar-refractivity contribution in [3.63, 3.8) is 0 Å². The van der Waals surface area contributed by atoms with Crippen molar-refractivity contribution in [2.75, 3.05) is 0 Å². The van der Waals surface area contributed by atoms with Crippen molar-refractivity contribution in [3.8, 4) is 11.1 Å². The van der Waals surface area contributed by atoms with Gasteiger partial charge in [0.05, 0.1) is 0 Å². The molecule has 0 unspecified atom stereocenters. The Morgan fingerprint density at radius 3 is 2.07 bits per heavy atom. The quantitative estimate of drug-likeness (QED) is 0.433. The van der Waals surface area contributed by atoms with Gasteiger partial charge in [0.1, 0.15) is 11.4 Å². The number of hydrogen-bond donors (Lipinski definition) is 4. The molecule has 154 valence electrons. The molecule has 1 atom stereocenters. The Balaban J connectivity index is 1.70.